The van der Waals surface area contributed by atoms with Crippen LogP contribution in [0.3, 0.4) is 0 Å². The van der Waals surface area contributed by atoms with Gasteiger partial charge in [-0.2, -0.15) is 0 Å². The van der Waals surface area contributed by atoms with E-state index in [1.54, 1.807) is 6.92 Å². The number of rotatable bonds is 5. The number of carbonyl (C=O) groups is 1. The summed E-state index contributed by atoms with van der Waals surface area (Å²) in [5.41, 5.74) is 0.398. The zero-order chi connectivity index (χ0) is 13.1. The molecule has 100 valence electrons. The van der Waals surface area contributed by atoms with Crippen LogP contribution in [0.2, 0.25) is 0 Å². The Labute approximate surface area is 107 Å². The van der Waals surface area contributed by atoms with Crippen molar-refractivity contribution in [3.8, 4) is 0 Å². The largest absolute Gasteiger partial charge is 0.302 e. The molecule has 0 aromatic carbocycles. The van der Waals surface area contributed by atoms with Crippen molar-refractivity contribution in [2.75, 3.05) is 19.6 Å². The summed E-state index contributed by atoms with van der Waals surface area (Å²) < 4.78 is 0. The first kappa shape index (κ1) is 14.7. The molecule has 1 rings (SSSR count). The highest BCUT2D eigenvalue weighted by atomic mass is 16.1. The van der Waals surface area contributed by atoms with Gasteiger partial charge in [-0.3, -0.25) is 4.79 Å². The first-order valence-corrected chi connectivity index (χ1v) is 7.08. The average Bonchev–Trinajstić information content (AvgIpc) is 2.30. The molecule has 1 aliphatic heterocycles. The fourth-order valence-corrected chi connectivity index (χ4v) is 2.81. The van der Waals surface area contributed by atoms with E-state index in [0.29, 0.717) is 11.2 Å². The van der Waals surface area contributed by atoms with Crippen molar-refractivity contribution >= 4 is 5.78 Å². The van der Waals surface area contributed by atoms with Crippen molar-refractivity contribution in [3.05, 3.63) is 0 Å². The quantitative estimate of drug-likeness (QED) is 0.732. The Bertz CT molecular complexity index is 256. The van der Waals surface area contributed by atoms with Gasteiger partial charge >= 0.3 is 0 Å². The molecule has 1 fully saturated rings. The van der Waals surface area contributed by atoms with E-state index in [2.05, 4.69) is 32.6 Å². The summed E-state index contributed by atoms with van der Waals surface area (Å²) in [5.74, 6) is 0.306. The molecule has 0 radical (unpaired) electrons. The maximum atomic E-state index is 11.6. The van der Waals surface area contributed by atoms with Gasteiger partial charge in [0, 0.05) is 12.0 Å². The Morgan fingerprint density at radius 2 is 1.65 bits per heavy atom. The Kier molecular flexibility index (Phi) is 4.77. The van der Waals surface area contributed by atoms with E-state index in [-0.39, 0.29) is 5.41 Å². The molecular formula is C15H29NO. The molecule has 1 heterocycles. The zero-order valence-electron chi connectivity index (χ0n) is 12.3. The lowest BCUT2D eigenvalue weighted by Crippen LogP contribution is -2.45. The molecule has 1 aliphatic rings. The van der Waals surface area contributed by atoms with Crippen LogP contribution in [-0.2, 0) is 4.79 Å². The van der Waals surface area contributed by atoms with Gasteiger partial charge in [0.15, 0.2) is 0 Å². The SMILES string of the molecule is CCC1(CC)CCN(CC(C)(C)C(C)=O)CC1. The van der Waals surface area contributed by atoms with Gasteiger partial charge in [0.05, 0.1) is 0 Å². The fraction of sp³-hybridized carbons (Fsp3) is 0.933. The summed E-state index contributed by atoms with van der Waals surface area (Å²) in [7, 11) is 0. The maximum absolute atomic E-state index is 11.6. The standard InChI is InChI=1S/C15H29NO/c1-6-15(7-2)8-10-16(11-9-15)12-14(4,5)13(3)17/h6-12H2,1-5H3. The molecule has 17 heavy (non-hydrogen) atoms. The number of piperidine rings is 1. The van der Waals surface area contributed by atoms with E-state index < -0.39 is 0 Å². The molecule has 0 aliphatic carbocycles. The molecule has 0 aromatic rings. The van der Waals surface area contributed by atoms with E-state index in [9.17, 15) is 4.79 Å². The van der Waals surface area contributed by atoms with E-state index in [4.69, 9.17) is 0 Å². The van der Waals surface area contributed by atoms with Crippen LogP contribution in [-0.4, -0.2) is 30.3 Å². The third kappa shape index (κ3) is 3.54. The molecule has 0 atom stereocenters. The number of hydrogen-bond acceptors (Lipinski definition) is 2. The smallest absolute Gasteiger partial charge is 0.136 e. The molecule has 0 saturated carbocycles. The Morgan fingerprint density at radius 3 is 2.00 bits per heavy atom. The second-order valence-electron chi connectivity index (χ2n) is 6.42. The second-order valence-corrected chi connectivity index (χ2v) is 6.42. The third-order valence-electron chi connectivity index (χ3n) is 4.99. The van der Waals surface area contributed by atoms with Crippen LogP contribution in [0.25, 0.3) is 0 Å². The number of nitrogens with zero attached hydrogens (tertiary/aromatic N) is 1. The summed E-state index contributed by atoms with van der Waals surface area (Å²) in [6, 6.07) is 0. The highest BCUT2D eigenvalue weighted by Crippen LogP contribution is 2.38. The lowest BCUT2D eigenvalue weighted by Gasteiger charge is -2.43. The lowest BCUT2D eigenvalue weighted by molar-refractivity contribution is -0.126. The minimum atomic E-state index is -0.182. The molecule has 0 unspecified atom stereocenters. The van der Waals surface area contributed by atoms with E-state index in [0.717, 1.165) is 6.54 Å². The van der Waals surface area contributed by atoms with Gasteiger partial charge in [0.1, 0.15) is 5.78 Å². The van der Waals surface area contributed by atoms with E-state index in [1.807, 2.05) is 0 Å². The van der Waals surface area contributed by atoms with Gasteiger partial charge in [-0.1, -0.05) is 40.5 Å². The molecule has 2 nitrogen and oxygen atoms in total. The lowest BCUT2D eigenvalue weighted by atomic mass is 9.73. The van der Waals surface area contributed by atoms with Crippen LogP contribution in [0.4, 0.5) is 0 Å². The molecule has 1 saturated heterocycles. The second kappa shape index (κ2) is 5.51. The third-order valence-corrected chi connectivity index (χ3v) is 4.99. The topological polar surface area (TPSA) is 20.3 Å². The van der Waals surface area contributed by atoms with E-state index >= 15 is 0 Å². The summed E-state index contributed by atoms with van der Waals surface area (Å²) in [5, 5.41) is 0. The van der Waals surface area contributed by atoms with Crippen molar-refractivity contribution in [2.24, 2.45) is 10.8 Å². The number of ketones is 1. The summed E-state index contributed by atoms with van der Waals surface area (Å²) in [6.45, 7) is 13.7. The van der Waals surface area contributed by atoms with Crippen molar-refractivity contribution in [2.45, 2.75) is 60.3 Å². The summed E-state index contributed by atoms with van der Waals surface area (Å²) >= 11 is 0. The fourth-order valence-electron chi connectivity index (χ4n) is 2.81. The van der Waals surface area contributed by atoms with Gasteiger partial charge in [0.25, 0.3) is 0 Å². The van der Waals surface area contributed by atoms with Gasteiger partial charge in [0.2, 0.25) is 0 Å². The highest BCUT2D eigenvalue weighted by Gasteiger charge is 2.34. The highest BCUT2D eigenvalue weighted by molar-refractivity contribution is 5.81. The molecule has 0 N–H and O–H groups in total. The molecule has 0 aromatic heterocycles. The van der Waals surface area contributed by atoms with Gasteiger partial charge in [-0.05, 0) is 38.3 Å². The van der Waals surface area contributed by atoms with Gasteiger partial charge in [-0.25, -0.2) is 0 Å². The molecule has 2 heteroatoms. The Hall–Kier alpha value is -0.370. The summed E-state index contributed by atoms with van der Waals surface area (Å²) in [4.78, 5) is 14.0. The number of hydrogen-bond donors (Lipinski definition) is 0. The van der Waals surface area contributed by atoms with Crippen LogP contribution in [0.5, 0.6) is 0 Å². The zero-order valence-corrected chi connectivity index (χ0v) is 12.3. The molecule has 0 bridgehead atoms. The maximum Gasteiger partial charge on any atom is 0.136 e. The van der Waals surface area contributed by atoms with Crippen LogP contribution in [0.1, 0.15) is 60.3 Å². The average molecular weight is 239 g/mol. The Morgan fingerprint density at radius 1 is 1.18 bits per heavy atom. The van der Waals surface area contributed by atoms with Gasteiger partial charge < -0.3 is 4.90 Å². The van der Waals surface area contributed by atoms with Crippen LogP contribution >= 0.6 is 0 Å². The van der Waals surface area contributed by atoms with Crippen molar-refractivity contribution in [1.82, 2.24) is 4.90 Å². The number of Topliss-reactive ketones (excluding diaryl/α,β-unsaturated/α-hetero) is 1. The Balaban J connectivity index is 2.50. The van der Waals surface area contributed by atoms with E-state index in [1.165, 1.54) is 38.8 Å². The van der Waals surface area contributed by atoms with Crippen LogP contribution in [0.15, 0.2) is 0 Å². The van der Waals surface area contributed by atoms with Crippen molar-refractivity contribution < 1.29 is 4.79 Å². The van der Waals surface area contributed by atoms with Gasteiger partial charge in [-0.15, -0.1) is 0 Å². The number of likely N-dealkylation sites (tertiary alicyclic amines) is 1. The minimum absolute atomic E-state index is 0.182. The van der Waals surface area contributed by atoms with Crippen molar-refractivity contribution in [1.29, 1.82) is 0 Å². The molecule has 0 spiro atoms. The van der Waals surface area contributed by atoms with Crippen LogP contribution < -0.4 is 0 Å². The van der Waals surface area contributed by atoms with Crippen molar-refractivity contribution in [3.63, 3.8) is 0 Å². The predicted octanol–water partition coefficient (Wildman–Crippen LogP) is 3.50. The predicted molar refractivity (Wildman–Crippen MR) is 73.2 cm³/mol. The normalized spacial score (nSPS) is 21.5. The van der Waals surface area contributed by atoms with Crippen LogP contribution in [0, 0.1) is 10.8 Å². The molecule has 0 amide bonds. The minimum Gasteiger partial charge on any atom is -0.302 e. The summed E-state index contributed by atoms with van der Waals surface area (Å²) in [6.07, 6.45) is 5.20. The molecular weight excluding hydrogens is 210 g/mol. The number of carbonyl (C=O) groups excluding carboxylic acids is 1. The first-order valence-electron chi connectivity index (χ1n) is 7.08. The monoisotopic (exact) mass is 239 g/mol. The first-order chi connectivity index (χ1) is 7.85.